The van der Waals surface area contributed by atoms with Crippen LogP contribution in [-0.2, 0) is 4.79 Å². The molecule has 5 nitrogen and oxygen atoms in total. The molecule has 1 aliphatic rings. The largest absolute Gasteiger partial charge is 0.480 e. The quantitative estimate of drug-likeness (QED) is 0.735. The number of halogens is 1. The topological polar surface area (TPSA) is 92.4 Å². The van der Waals surface area contributed by atoms with Crippen LogP contribution in [0.15, 0.2) is 22.7 Å². The van der Waals surface area contributed by atoms with Crippen LogP contribution >= 0.6 is 15.9 Å². The van der Waals surface area contributed by atoms with Crippen molar-refractivity contribution >= 4 is 33.5 Å². The summed E-state index contributed by atoms with van der Waals surface area (Å²) >= 11 is 3.24. The molecule has 0 atom stereocenters. The first-order valence-electron chi connectivity index (χ1n) is 5.05. The Balaban J connectivity index is 2.18. The van der Waals surface area contributed by atoms with Gasteiger partial charge in [0.15, 0.2) is 0 Å². The third-order valence-electron chi connectivity index (χ3n) is 2.77. The van der Waals surface area contributed by atoms with Gasteiger partial charge >= 0.3 is 5.97 Å². The summed E-state index contributed by atoms with van der Waals surface area (Å²) in [5.41, 5.74) is 5.22. The van der Waals surface area contributed by atoms with Gasteiger partial charge in [-0.25, -0.2) is 4.79 Å². The normalized spacial score (nSPS) is 16.3. The average molecular weight is 299 g/mol. The predicted molar refractivity (Wildman–Crippen MR) is 65.6 cm³/mol. The molecule has 6 heteroatoms. The molecule has 1 fully saturated rings. The summed E-state index contributed by atoms with van der Waals surface area (Å²) in [6, 6.07) is 4.85. The zero-order valence-electron chi connectivity index (χ0n) is 8.87. The minimum absolute atomic E-state index is 0.292. The standard InChI is InChI=1S/C11H11BrN2O3/c12-6-1-2-7(8(13)5-6)9(15)14-11(3-4-11)10(16)17/h1-2,5H,3-4,13H2,(H,14,15)(H,16,17). The molecule has 0 heterocycles. The van der Waals surface area contributed by atoms with E-state index >= 15 is 0 Å². The lowest BCUT2D eigenvalue weighted by Crippen LogP contribution is -2.43. The summed E-state index contributed by atoms with van der Waals surface area (Å²) in [5.74, 6) is -1.45. The van der Waals surface area contributed by atoms with E-state index in [-0.39, 0.29) is 0 Å². The van der Waals surface area contributed by atoms with Crippen molar-refractivity contribution in [3.63, 3.8) is 0 Å². The molecule has 1 amide bonds. The van der Waals surface area contributed by atoms with E-state index in [2.05, 4.69) is 21.2 Å². The zero-order valence-corrected chi connectivity index (χ0v) is 10.5. The third kappa shape index (κ3) is 2.26. The van der Waals surface area contributed by atoms with Gasteiger partial charge in [-0.15, -0.1) is 0 Å². The van der Waals surface area contributed by atoms with Gasteiger partial charge in [-0.3, -0.25) is 4.79 Å². The lowest BCUT2D eigenvalue weighted by Gasteiger charge is -2.13. The molecule has 0 spiro atoms. The second-order valence-electron chi connectivity index (χ2n) is 4.07. The Morgan fingerprint density at radius 2 is 2.06 bits per heavy atom. The van der Waals surface area contributed by atoms with Crippen LogP contribution in [0.2, 0.25) is 0 Å². The third-order valence-corrected chi connectivity index (χ3v) is 3.26. The molecule has 1 aromatic rings. The highest BCUT2D eigenvalue weighted by molar-refractivity contribution is 9.10. The van der Waals surface area contributed by atoms with Crippen LogP contribution in [0.25, 0.3) is 0 Å². The maximum absolute atomic E-state index is 11.9. The highest BCUT2D eigenvalue weighted by Gasteiger charge is 2.51. The number of hydrogen-bond acceptors (Lipinski definition) is 3. The number of nitrogens with one attached hydrogen (secondary N) is 1. The van der Waals surface area contributed by atoms with Gasteiger partial charge in [0.1, 0.15) is 5.54 Å². The first-order chi connectivity index (χ1) is 7.94. The minimum Gasteiger partial charge on any atom is -0.480 e. The number of carboxylic acid groups (broad SMARTS) is 1. The Kier molecular flexibility index (Phi) is 2.82. The van der Waals surface area contributed by atoms with Crippen LogP contribution in [0, 0.1) is 0 Å². The van der Waals surface area contributed by atoms with E-state index in [1.54, 1.807) is 18.2 Å². The zero-order chi connectivity index (χ0) is 12.6. The number of nitrogen functional groups attached to an aromatic ring is 1. The second-order valence-corrected chi connectivity index (χ2v) is 4.99. The van der Waals surface area contributed by atoms with Crippen molar-refractivity contribution in [1.29, 1.82) is 0 Å². The van der Waals surface area contributed by atoms with Crippen molar-refractivity contribution in [2.45, 2.75) is 18.4 Å². The summed E-state index contributed by atoms with van der Waals surface area (Å²) in [5, 5.41) is 11.5. The van der Waals surface area contributed by atoms with Crippen molar-refractivity contribution in [1.82, 2.24) is 5.32 Å². The van der Waals surface area contributed by atoms with E-state index in [0.29, 0.717) is 24.1 Å². The van der Waals surface area contributed by atoms with E-state index in [0.717, 1.165) is 4.47 Å². The summed E-state index contributed by atoms with van der Waals surface area (Å²) in [7, 11) is 0. The Morgan fingerprint density at radius 3 is 2.53 bits per heavy atom. The number of anilines is 1. The van der Waals surface area contributed by atoms with Crippen molar-refractivity contribution < 1.29 is 14.7 Å². The monoisotopic (exact) mass is 298 g/mol. The molecule has 1 aliphatic carbocycles. The highest BCUT2D eigenvalue weighted by Crippen LogP contribution is 2.36. The number of nitrogens with two attached hydrogens (primary N) is 1. The molecule has 0 bridgehead atoms. The fourth-order valence-corrected chi connectivity index (χ4v) is 1.92. The summed E-state index contributed by atoms with van der Waals surface area (Å²) in [4.78, 5) is 22.8. The number of carboxylic acids is 1. The molecule has 0 aliphatic heterocycles. The van der Waals surface area contributed by atoms with Gasteiger partial charge in [0.05, 0.1) is 5.56 Å². The molecule has 90 valence electrons. The van der Waals surface area contributed by atoms with E-state index in [1.165, 1.54) is 0 Å². The maximum Gasteiger partial charge on any atom is 0.329 e. The Hall–Kier alpha value is -1.56. The van der Waals surface area contributed by atoms with E-state index in [9.17, 15) is 9.59 Å². The molecule has 17 heavy (non-hydrogen) atoms. The fraction of sp³-hybridized carbons (Fsp3) is 0.273. The number of rotatable bonds is 3. The molecule has 0 radical (unpaired) electrons. The van der Waals surface area contributed by atoms with Crippen molar-refractivity contribution in [3.8, 4) is 0 Å². The van der Waals surface area contributed by atoms with E-state index in [4.69, 9.17) is 10.8 Å². The van der Waals surface area contributed by atoms with Crippen molar-refractivity contribution in [3.05, 3.63) is 28.2 Å². The van der Waals surface area contributed by atoms with Gasteiger partial charge in [0, 0.05) is 10.2 Å². The number of benzene rings is 1. The number of aliphatic carboxylic acids is 1. The van der Waals surface area contributed by atoms with Gasteiger partial charge in [-0.2, -0.15) is 0 Å². The van der Waals surface area contributed by atoms with Gasteiger partial charge in [0.25, 0.3) is 5.91 Å². The van der Waals surface area contributed by atoms with Gasteiger partial charge in [0.2, 0.25) is 0 Å². The SMILES string of the molecule is Nc1cc(Br)ccc1C(=O)NC1(C(=O)O)CC1. The Morgan fingerprint density at radius 1 is 1.41 bits per heavy atom. The number of carbonyl (C=O) groups is 2. The van der Waals surface area contributed by atoms with Crippen LogP contribution in [-0.4, -0.2) is 22.5 Å². The predicted octanol–water partition coefficient (Wildman–Crippen LogP) is 1.38. The van der Waals surface area contributed by atoms with Crippen LogP contribution in [0.4, 0.5) is 5.69 Å². The molecule has 0 unspecified atom stereocenters. The molecular formula is C11H11BrN2O3. The lowest BCUT2D eigenvalue weighted by molar-refractivity contribution is -0.140. The maximum atomic E-state index is 11.9. The van der Waals surface area contributed by atoms with Crippen molar-refractivity contribution in [2.24, 2.45) is 0 Å². The van der Waals surface area contributed by atoms with Gasteiger partial charge < -0.3 is 16.2 Å². The second kappa shape index (κ2) is 4.03. The van der Waals surface area contributed by atoms with Crippen LogP contribution < -0.4 is 11.1 Å². The number of hydrogen-bond donors (Lipinski definition) is 3. The fourth-order valence-electron chi connectivity index (χ4n) is 1.54. The molecule has 1 aromatic carbocycles. The first-order valence-corrected chi connectivity index (χ1v) is 5.85. The smallest absolute Gasteiger partial charge is 0.329 e. The molecule has 4 N–H and O–H groups in total. The number of amides is 1. The van der Waals surface area contributed by atoms with Gasteiger partial charge in [-0.1, -0.05) is 15.9 Å². The first kappa shape index (κ1) is 11.9. The van der Waals surface area contributed by atoms with E-state index in [1.807, 2.05) is 0 Å². The molecule has 0 saturated heterocycles. The minimum atomic E-state index is -1.09. The Labute approximate surface area is 106 Å². The van der Waals surface area contributed by atoms with Crippen LogP contribution in [0.1, 0.15) is 23.2 Å². The summed E-state index contributed by atoms with van der Waals surface area (Å²) < 4.78 is 0.769. The Bertz CT molecular complexity index is 497. The lowest BCUT2D eigenvalue weighted by atomic mass is 10.1. The van der Waals surface area contributed by atoms with Crippen LogP contribution in [0.3, 0.4) is 0 Å². The van der Waals surface area contributed by atoms with Gasteiger partial charge in [-0.05, 0) is 31.0 Å². The average Bonchev–Trinajstić information content (AvgIpc) is 2.98. The van der Waals surface area contributed by atoms with E-state index < -0.39 is 17.4 Å². The highest BCUT2D eigenvalue weighted by atomic mass is 79.9. The summed E-state index contributed by atoms with van der Waals surface area (Å²) in [6.45, 7) is 0. The number of carbonyl (C=O) groups excluding carboxylic acids is 1. The molecular weight excluding hydrogens is 288 g/mol. The molecule has 0 aromatic heterocycles. The van der Waals surface area contributed by atoms with Crippen molar-refractivity contribution in [2.75, 3.05) is 5.73 Å². The van der Waals surface area contributed by atoms with Crippen LogP contribution in [0.5, 0.6) is 0 Å². The summed E-state index contributed by atoms with van der Waals surface area (Å²) in [6.07, 6.45) is 0.926. The molecule has 1 saturated carbocycles. The molecule has 2 rings (SSSR count).